The molecule has 0 saturated carbocycles. The first kappa shape index (κ1) is 10.7. The largest absolute Gasteiger partial charge is 0.351 e. The molecule has 0 atom stereocenters. The van der Waals surface area contributed by atoms with Crippen LogP contribution >= 0.6 is 0 Å². The highest BCUT2D eigenvalue weighted by molar-refractivity contribution is 5.77. The molecular formula is C9H16N4O. The van der Waals surface area contributed by atoms with Gasteiger partial charge >= 0.3 is 0 Å². The molecule has 0 aromatic carbocycles. The first-order chi connectivity index (χ1) is 6.72. The molecule has 1 aromatic heterocycles. The lowest BCUT2D eigenvalue weighted by molar-refractivity contribution is -0.120. The van der Waals surface area contributed by atoms with Gasteiger partial charge in [0.05, 0.1) is 12.7 Å². The SMILES string of the molecule is CCNCC(=O)NCc1cnn(C)c1. The van der Waals surface area contributed by atoms with Gasteiger partial charge in [0.15, 0.2) is 0 Å². The number of nitrogens with zero attached hydrogens (tertiary/aromatic N) is 2. The van der Waals surface area contributed by atoms with Gasteiger partial charge in [-0.25, -0.2) is 0 Å². The van der Waals surface area contributed by atoms with Crippen molar-refractivity contribution in [1.29, 1.82) is 0 Å². The van der Waals surface area contributed by atoms with Crippen molar-refractivity contribution in [2.45, 2.75) is 13.5 Å². The Morgan fingerprint density at radius 1 is 1.64 bits per heavy atom. The van der Waals surface area contributed by atoms with E-state index in [1.165, 1.54) is 0 Å². The molecule has 1 aromatic rings. The minimum Gasteiger partial charge on any atom is -0.351 e. The first-order valence-electron chi connectivity index (χ1n) is 4.67. The number of aromatic nitrogens is 2. The summed E-state index contributed by atoms with van der Waals surface area (Å²) >= 11 is 0. The maximum atomic E-state index is 11.2. The summed E-state index contributed by atoms with van der Waals surface area (Å²) in [7, 11) is 1.85. The third-order valence-corrected chi connectivity index (χ3v) is 1.78. The van der Waals surface area contributed by atoms with Crippen LogP contribution in [0.15, 0.2) is 12.4 Å². The van der Waals surface area contributed by atoms with E-state index in [0.29, 0.717) is 13.1 Å². The Labute approximate surface area is 83.5 Å². The molecule has 0 aliphatic carbocycles. The number of carbonyl (C=O) groups excluding carboxylic acids is 1. The van der Waals surface area contributed by atoms with Crippen LogP contribution in [0.3, 0.4) is 0 Å². The number of likely N-dealkylation sites (N-methyl/N-ethyl adjacent to an activating group) is 1. The van der Waals surface area contributed by atoms with Gasteiger partial charge in [0.25, 0.3) is 0 Å². The van der Waals surface area contributed by atoms with Crippen molar-refractivity contribution in [3.8, 4) is 0 Å². The summed E-state index contributed by atoms with van der Waals surface area (Å²) in [5, 5.41) is 9.76. The molecule has 0 fully saturated rings. The van der Waals surface area contributed by atoms with Crippen molar-refractivity contribution < 1.29 is 4.79 Å². The summed E-state index contributed by atoms with van der Waals surface area (Å²) in [6, 6.07) is 0. The van der Waals surface area contributed by atoms with Crippen LogP contribution in [0.2, 0.25) is 0 Å². The molecule has 0 bridgehead atoms. The van der Waals surface area contributed by atoms with Gasteiger partial charge in [0, 0.05) is 25.4 Å². The van der Waals surface area contributed by atoms with E-state index in [-0.39, 0.29) is 5.91 Å². The van der Waals surface area contributed by atoms with Crippen molar-refractivity contribution >= 4 is 5.91 Å². The van der Waals surface area contributed by atoms with E-state index in [0.717, 1.165) is 12.1 Å². The van der Waals surface area contributed by atoms with E-state index in [1.54, 1.807) is 10.9 Å². The van der Waals surface area contributed by atoms with E-state index in [9.17, 15) is 4.79 Å². The molecule has 1 amide bonds. The van der Waals surface area contributed by atoms with Crippen LogP contribution in [0.1, 0.15) is 12.5 Å². The summed E-state index contributed by atoms with van der Waals surface area (Å²) in [4.78, 5) is 11.2. The second-order valence-corrected chi connectivity index (χ2v) is 3.08. The molecule has 14 heavy (non-hydrogen) atoms. The van der Waals surface area contributed by atoms with Crippen LogP contribution in [0, 0.1) is 0 Å². The fourth-order valence-corrected chi connectivity index (χ4v) is 1.06. The second-order valence-electron chi connectivity index (χ2n) is 3.08. The average Bonchev–Trinajstić information content (AvgIpc) is 2.58. The zero-order chi connectivity index (χ0) is 10.4. The molecule has 2 N–H and O–H groups in total. The van der Waals surface area contributed by atoms with E-state index < -0.39 is 0 Å². The van der Waals surface area contributed by atoms with Gasteiger partial charge in [0.1, 0.15) is 0 Å². The Bertz CT molecular complexity index is 295. The Balaban J connectivity index is 2.23. The normalized spacial score (nSPS) is 10.1. The second kappa shape index (κ2) is 5.39. The summed E-state index contributed by atoms with van der Waals surface area (Å²) in [6.07, 6.45) is 3.63. The summed E-state index contributed by atoms with van der Waals surface area (Å²) < 4.78 is 1.71. The van der Waals surface area contributed by atoms with E-state index in [1.807, 2.05) is 20.2 Å². The summed E-state index contributed by atoms with van der Waals surface area (Å²) in [5.74, 6) is 0.00991. The van der Waals surface area contributed by atoms with Crippen molar-refractivity contribution in [2.24, 2.45) is 7.05 Å². The number of rotatable bonds is 5. The van der Waals surface area contributed by atoms with Gasteiger partial charge < -0.3 is 10.6 Å². The molecule has 5 nitrogen and oxygen atoms in total. The lowest BCUT2D eigenvalue weighted by Crippen LogP contribution is -2.33. The van der Waals surface area contributed by atoms with Crippen LogP contribution < -0.4 is 10.6 Å². The minimum atomic E-state index is 0.00991. The van der Waals surface area contributed by atoms with Crippen molar-refractivity contribution in [3.63, 3.8) is 0 Å². The Kier molecular flexibility index (Phi) is 4.12. The molecule has 0 saturated heterocycles. The molecule has 1 heterocycles. The zero-order valence-corrected chi connectivity index (χ0v) is 8.58. The Morgan fingerprint density at radius 3 is 3.00 bits per heavy atom. The van der Waals surface area contributed by atoms with Crippen LogP contribution in [-0.4, -0.2) is 28.8 Å². The van der Waals surface area contributed by atoms with Gasteiger partial charge in [-0.1, -0.05) is 6.92 Å². The van der Waals surface area contributed by atoms with Gasteiger partial charge in [0.2, 0.25) is 5.91 Å². The van der Waals surface area contributed by atoms with E-state index in [2.05, 4.69) is 15.7 Å². The van der Waals surface area contributed by atoms with Crippen molar-refractivity contribution in [3.05, 3.63) is 18.0 Å². The predicted octanol–water partition coefficient (Wildman–Crippen LogP) is -0.354. The summed E-state index contributed by atoms with van der Waals surface area (Å²) in [6.45, 7) is 3.68. The highest BCUT2D eigenvalue weighted by Gasteiger charge is 2.00. The molecule has 78 valence electrons. The monoisotopic (exact) mass is 196 g/mol. The zero-order valence-electron chi connectivity index (χ0n) is 8.58. The van der Waals surface area contributed by atoms with E-state index >= 15 is 0 Å². The van der Waals surface area contributed by atoms with Crippen LogP contribution in [0.4, 0.5) is 0 Å². The van der Waals surface area contributed by atoms with E-state index in [4.69, 9.17) is 0 Å². The molecule has 1 rings (SSSR count). The topological polar surface area (TPSA) is 59.0 Å². The molecule has 0 aliphatic heterocycles. The fraction of sp³-hybridized carbons (Fsp3) is 0.556. The van der Waals surface area contributed by atoms with Crippen LogP contribution in [0.5, 0.6) is 0 Å². The van der Waals surface area contributed by atoms with Crippen LogP contribution in [-0.2, 0) is 18.4 Å². The minimum absolute atomic E-state index is 0.00991. The number of carbonyl (C=O) groups is 1. The van der Waals surface area contributed by atoms with Crippen LogP contribution in [0.25, 0.3) is 0 Å². The average molecular weight is 196 g/mol. The number of amides is 1. The first-order valence-corrected chi connectivity index (χ1v) is 4.67. The molecule has 0 radical (unpaired) electrons. The molecule has 0 unspecified atom stereocenters. The van der Waals surface area contributed by atoms with Crippen molar-refractivity contribution in [1.82, 2.24) is 20.4 Å². The van der Waals surface area contributed by atoms with Crippen molar-refractivity contribution in [2.75, 3.05) is 13.1 Å². The maximum absolute atomic E-state index is 11.2. The molecule has 5 heteroatoms. The standard InChI is InChI=1S/C9H16N4O/c1-3-10-6-9(14)11-4-8-5-12-13(2)7-8/h5,7,10H,3-4,6H2,1-2H3,(H,11,14). The Hall–Kier alpha value is -1.36. The maximum Gasteiger partial charge on any atom is 0.234 e. The van der Waals surface area contributed by atoms with Gasteiger partial charge in [-0.05, 0) is 6.54 Å². The number of aryl methyl sites for hydroxylation is 1. The smallest absolute Gasteiger partial charge is 0.234 e. The van der Waals surface area contributed by atoms with Gasteiger partial charge in [-0.3, -0.25) is 9.48 Å². The lowest BCUT2D eigenvalue weighted by atomic mass is 10.3. The quantitative estimate of drug-likeness (QED) is 0.676. The van der Waals surface area contributed by atoms with Gasteiger partial charge in [-0.2, -0.15) is 5.10 Å². The molecular weight excluding hydrogens is 180 g/mol. The lowest BCUT2D eigenvalue weighted by Gasteiger charge is -2.03. The molecule has 0 aliphatic rings. The third-order valence-electron chi connectivity index (χ3n) is 1.78. The number of nitrogens with one attached hydrogen (secondary N) is 2. The third kappa shape index (κ3) is 3.57. The highest BCUT2D eigenvalue weighted by Crippen LogP contribution is 1.94. The van der Waals surface area contributed by atoms with Gasteiger partial charge in [-0.15, -0.1) is 0 Å². The Morgan fingerprint density at radius 2 is 2.43 bits per heavy atom. The molecule has 0 spiro atoms. The summed E-state index contributed by atoms with van der Waals surface area (Å²) in [5.41, 5.74) is 1.01. The number of hydrogen-bond acceptors (Lipinski definition) is 3. The number of hydrogen-bond donors (Lipinski definition) is 2. The highest BCUT2D eigenvalue weighted by atomic mass is 16.1. The fourth-order valence-electron chi connectivity index (χ4n) is 1.06. The predicted molar refractivity (Wildman–Crippen MR) is 53.6 cm³/mol.